The molecule has 0 amide bonds. The number of rotatable bonds is 10. The van der Waals surface area contributed by atoms with Crippen molar-refractivity contribution in [2.45, 2.75) is 54.4 Å². The minimum absolute atomic E-state index is 0.188. The highest BCUT2D eigenvalue weighted by Gasteiger charge is 2.36. The molecule has 0 spiro atoms. The van der Waals surface area contributed by atoms with Crippen LogP contribution in [0.1, 0.15) is 54.4 Å². The highest BCUT2D eigenvalue weighted by molar-refractivity contribution is 5.42. The molecule has 0 heterocycles. The molecule has 2 N–H and O–H groups in total. The molecular weight excluding hydrogens is 340 g/mol. The van der Waals surface area contributed by atoms with Crippen LogP contribution >= 0.6 is 0 Å². The highest BCUT2D eigenvalue weighted by atomic mass is 14.8. The second-order valence-electron chi connectivity index (χ2n) is 8.99. The molecule has 0 bridgehead atoms. The maximum Gasteiger partial charge on any atom is 0.0342 e. The monoisotopic (exact) mass is 380 g/mol. The molecule has 0 aromatic heterocycles. The first-order valence-electron chi connectivity index (χ1n) is 10.3. The molecule has 0 unspecified atom stereocenters. The van der Waals surface area contributed by atoms with Crippen molar-refractivity contribution >= 4 is 0 Å². The molecule has 2 nitrogen and oxygen atoms in total. The molecule has 0 aliphatic heterocycles. The second kappa shape index (κ2) is 10.9. The predicted octanol–water partition coefficient (Wildman–Crippen LogP) is 6.80. The summed E-state index contributed by atoms with van der Waals surface area (Å²) >= 11 is 0. The summed E-state index contributed by atoms with van der Waals surface area (Å²) in [5.41, 5.74) is 4.38. The Morgan fingerprint density at radius 1 is 1.00 bits per heavy atom. The Bertz CT molecular complexity index is 679. The Morgan fingerprint density at radius 3 is 2.21 bits per heavy atom. The van der Waals surface area contributed by atoms with E-state index in [0.29, 0.717) is 5.92 Å². The average Bonchev–Trinajstić information content (AvgIpc) is 2.62. The summed E-state index contributed by atoms with van der Waals surface area (Å²) in [7, 11) is 0. The number of nitrogens with one attached hydrogen (secondary N) is 2. The van der Waals surface area contributed by atoms with E-state index in [1.165, 1.54) is 29.6 Å². The molecule has 2 heteroatoms. The van der Waals surface area contributed by atoms with Crippen molar-refractivity contribution < 1.29 is 0 Å². The molecule has 1 aliphatic rings. The molecule has 1 rings (SSSR count). The van der Waals surface area contributed by atoms with Crippen LogP contribution in [0.4, 0.5) is 0 Å². The molecule has 0 radical (unpaired) electrons. The molecular formula is C26H40N2. The molecule has 0 fully saturated rings. The van der Waals surface area contributed by atoms with Crippen molar-refractivity contribution in [3.8, 4) is 0 Å². The zero-order valence-corrected chi connectivity index (χ0v) is 18.8. The molecule has 0 atom stereocenters. The van der Waals surface area contributed by atoms with Crippen LogP contribution in [0, 0.1) is 16.7 Å². The number of hydrogen-bond acceptors (Lipinski definition) is 2. The average molecular weight is 381 g/mol. The van der Waals surface area contributed by atoms with E-state index < -0.39 is 0 Å². The van der Waals surface area contributed by atoms with Gasteiger partial charge in [0.25, 0.3) is 0 Å². The summed E-state index contributed by atoms with van der Waals surface area (Å²) in [5, 5.41) is 6.51. The van der Waals surface area contributed by atoms with Gasteiger partial charge in [0.15, 0.2) is 0 Å². The summed E-state index contributed by atoms with van der Waals surface area (Å²) in [5.74, 6) is 0.491. The first kappa shape index (κ1) is 23.8. The van der Waals surface area contributed by atoms with E-state index in [-0.39, 0.29) is 10.8 Å². The Morgan fingerprint density at radius 2 is 1.64 bits per heavy atom. The smallest absolute Gasteiger partial charge is 0.0342 e. The Hall–Kier alpha value is -2.22. The van der Waals surface area contributed by atoms with E-state index in [9.17, 15) is 0 Å². The Kier molecular flexibility index (Phi) is 9.31. The van der Waals surface area contributed by atoms with E-state index in [2.05, 4.69) is 89.8 Å². The van der Waals surface area contributed by atoms with Gasteiger partial charge in [-0.15, -0.1) is 0 Å². The lowest BCUT2D eigenvalue weighted by atomic mass is 9.63. The molecule has 0 saturated heterocycles. The highest BCUT2D eigenvalue weighted by Crippen LogP contribution is 2.49. The van der Waals surface area contributed by atoms with Crippen molar-refractivity contribution in [3.63, 3.8) is 0 Å². The van der Waals surface area contributed by atoms with Crippen molar-refractivity contribution in [1.29, 1.82) is 0 Å². The molecule has 0 aromatic rings. The lowest BCUT2D eigenvalue weighted by molar-refractivity contribution is 0.273. The third-order valence-corrected chi connectivity index (χ3v) is 5.53. The van der Waals surface area contributed by atoms with Crippen LogP contribution in [0.5, 0.6) is 0 Å². The normalized spacial score (nSPS) is 19.8. The van der Waals surface area contributed by atoms with Crippen LogP contribution in [0.25, 0.3) is 0 Å². The third-order valence-electron chi connectivity index (χ3n) is 5.53. The summed E-state index contributed by atoms with van der Waals surface area (Å²) in [4.78, 5) is 0. The van der Waals surface area contributed by atoms with Crippen molar-refractivity contribution in [1.82, 2.24) is 10.6 Å². The summed E-state index contributed by atoms with van der Waals surface area (Å²) < 4.78 is 0. The van der Waals surface area contributed by atoms with Gasteiger partial charge in [-0.05, 0) is 76.9 Å². The molecule has 154 valence electrons. The Balaban J connectivity index is 2.55. The Labute approximate surface area is 173 Å². The minimum atomic E-state index is 0.188. The van der Waals surface area contributed by atoms with Gasteiger partial charge >= 0.3 is 0 Å². The first-order chi connectivity index (χ1) is 13.2. The van der Waals surface area contributed by atoms with Crippen molar-refractivity contribution in [2.24, 2.45) is 16.7 Å². The predicted molar refractivity (Wildman–Crippen MR) is 126 cm³/mol. The van der Waals surface area contributed by atoms with Gasteiger partial charge in [-0.2, -0.15) is 0 Å². The molecule has 1 aliphatic carbocycles. The van der Waals surface area contributed by atoms with Gasteiger partial charge in [-0.3, -0.25) is 0 Å². The van der Waals surface area contributed by atoms with E-state index in [4.69, 9.17) is 0 Å². The van der Waals surface area contributed by atoms with Crippen molar-refractivity contribution in [3.05, 3.63) is 84.9 Å². The minimum Gasteiger partial charge on any atom is -0.387 e. The largest absolute Gasteiger partial charge is 0.387 e. The van der Waals surface area contributed by atoms with Crippen molar-refractivity contribution in [2.75, 3.05) is 6.54 Å². The number of allylic oxidation sites excluding steroid dienone is 8. The van der Waals surface area contributed by atoms with Crippen LogP contribution in [0.2, 0.25) is 0 Å². The summed E-state index contributed by atoms with van der Waals surface area (Å²) in [6, 6.07) is 0. The summed E-state index contributed by atoms with van der Waals surface area (Å²) in [6.07, 6.45) is 20.7. The van der Waals surface area contributed by atoms with E-state index in [0.717, 1.165) is 6.54 Å². The molecule has 0 aromatic carbocycles. The second-order valence-corrected chi connectivity index (χ2v) is 8.99. The van der Waals surface area contributed by atoms with Crippen LogP contribution in [0.3, 0.4) is 0 Å². The fraction of sp³-hybridized carbons (Fsp3) is 0.462. The maximum atomic E-state index is 4.07. The van der Waals surface area contributed by atoms with Crippen LogP contribution < -0.4 is 10.6 Å². The zero-order valence-electron chi connectivity index (χ0n) is 18.8. The van der Waals surface area contributed by atoms with E-state index in [1.54, 1.807) is 0 Å². The van der Waals surface area contributed by atoms with Gasteiger partial charge in [0.2, 0.25) is 0 Å². The van der Waals surface area contributed by atoms with Gasteiger partial charge in [0.1, 0.15) is 0 Å². The van der Waals surface area contributed by atoms with Gasteiger partial charge < -0.3 is 10.6 Å². The fourth-order valence-electron chi connectivity index (χ4n) is 3.50. The van der Waals surface area contributed by atoms with Gasteiger partial charge in [0.05, 0.1) is 0 Å². The molecule has 28 heavy (non-hydrogen) atoms. The topological polar surface area (TPSA) is 24.1 Å². The standard InChI is InChI=1S/C26H40N2/c1-9-22(21(3)4)13-11-17-27-18-12-19-28-20-14-24-23(10-2)25(5,6)15-16-26(24,7)8/h9-14,17-18,20-21,27-28H,1-2,15-16,19H2,3-8H3/b17-11+,18-12+,20-14+,22-13+. The van der Waals surface area contributed by atoms with E-state index in [1.807, 2.05) is 30.6 Å². The van der Waals surface area contributed by atoms with Gasteiger partial charge in [-0.25, -0.2) is 0 Å². The SMILES string of the molecule is C=CC1=C(/C=C/NC/C=C/N/C=C/C=C(\C=C)C(C)C)C(C)(C)CCC1(C)C. The number of hydrogen-bond donors (Lipinski definition) is 2. The quantitative estimate of drug-likeness (QED) is 0.321. The zero-order chi connectivity index (χ0) is 21.2. The lowest BCUT2D eigenvalue weighted by Gasteiger charge is -2.42. The maximum absolute atomic E-state index is 4.07. The molecule has 0 saturated carbocycles. The van der Waals surface area contributed by atoms with E-state index >= 15 is 0 Å². The van der Waals surface area contributed by atoms with Crippen LogP contribution in [0.15, 0.2) is 84.9 Å². The third kappa shape index (κ3) is 7.07. The van der Waals surface area contributed by atoms with Crippen LogP contribution in [-0.2, 0) is 0 Å². The van der Waals surface area contributed by atoms with Crippen LogP contribution in [-0.4, -0.2) is 6.54 Å². The lowest BCUT2D eigenvalue weighted by Crippen LogP contribution is -2.29. The van der Waals surface area contributed by atoms with Gasteiger partial charge in [0, 0.05) is 12.7 Å². The first-order valence-corrected chi connectivity index (χ1v) is 10.3. The summed E-state index contributed by atoms with van der Waals surface area (Å²) in [6.45, 7) is 22.3. The fourth-order valence-corrected chi connectivity index (χ4v) is 3.50. The van der Waals surface area contributed by atoms with Gasteiger partial charge in [-0.1, -0.05) is 72.9 Å².